The van der Waals surface area contributed by atoms with Gasteiger partial charge in [0.05, 0.1) is 5.54 Å². The van der Waals surface area contributed by atoms with Gasteiger partial charge in [-0.3, -0.25) is 4.79 Å². The second-order valence-electron chi connectivity index (χ2n) is 8.05. The van der Waals surface area contributed by atoms with Gasteiger partial charge in [-0.2, -0.15) is 0 Å². The van der Waals surface area contributed by atoms with E-state index in [1.165, 1.54) is 16.7 Å². The first-order valence-electron chi connectivity index (χ1n) is 9.27. The molecule has 1 aromatic carbocycles. The zero-order valence-electron chi connectivity index (χ0n) is 15.0. The van der Waals surface area contributed by atoms with Gasteiger partial charge in [0.2, 0.25) is 5.91 Å². The lowest BCUT2D eigenvalue weighted by Gasteiger charge is -2.45. The van der Waals surface area contributed by atoms with E-state index in [-0.39, 0.29) is 23.5 Å². The Kier molecular flexibility index (Phi) is 3.97. The highest BCUT2D eigenvalue weighted by molar-refractivity contribution is 5.81. The predicted molar refractivity (Wildman–Crippen MR) is 94.4 cm³/mol. The van der Waals surface area contributed by atoms with Crippen LogP contribution in [0.3, 0.4) is 0 Å². The van der Waals surface area contributed by atoms with Gasteiger partial charge < -0.3 is 15.0 Å². The van der Waals surface area contributed by atoms with E-state index in [1.807, 2.05) is 4.90 Å². The van der Waals surface area contributed by atoms with Crippen LogP contribution < -0.4 is 5.32 Å². The molecule has 2 amide bonds. The van der Waals surface area contributed by atoms with E-state index in [4.69, 9.17) is 4.74 Å². The van der Waals surface area contributed by atoms with Gasteiger partial charge in [-0.15, -0.1) is 0 Å². The molecule has 1 aromatic rings. The number of ether oxygens (including phenoxy) is 1. The zero-order valence-corrected chi connectivity index (χ0v) is 15.0. The van der Waals surface area contributed by atoms with E-state index < -0.39 is 0 Å². The van der Waals surface area contributed by atoms with Crippen molar-refractivity contribution in [2.45, 2.75) is 51.0 Å². The Bertz CT molecular complexity index is 701. The molecule has 0 aromatic heterocycles. The number of nitrogens with one attached hydrogen (secondary N) is 1. The van der Waals surface area contributed by atoms with Crippen molar-refractivity contribution < 1.29 is 14.3 Å². The number of benzene rings is 1. The van der Waals surface area contributed by atoms with Gasteiger partial charge in [0.25, 0.3) is 0 Å². The Morgan fingerprint density at radius 2 is 1.96 bits per heavy atom. The molecule has 5 heteroatoms. The third-order valence-electron chi connectivity index (χ3n) is 6.14. The summed E-state index contributed by atoms with van der Waals surface area (Å²) in [4.78, 5) is 26.0. The molecule has 25 heavy (non-hydrogen) atoms. The van der Waals surface area contributed by atoms with Crippen molar-refractivity contribution in [3.05, 3.63) is 34.9 Å². The molecule has 1 aliphatic carbocycles. The van der Waals surface area contributed by atoms with Crippen LogP contribution in [0.15, 0.2) is 18.2 Å². The van der Waals surface area contributed by atoms with Gasteiger partial charge in [0.1, 0.15) is 6.61 Å². The van der Waals surface area contributed by atoms with Crippen LogP contribution in [-0.2, 0) is 9.53 Å². The fourth-order valence-corrected chi connectivity index (χ4v) is 4.72. The van der Waals surface area contributed by atoms with Crippen LogP contribution in [0.5, 0.6) is 0 Å². The highest BCUT2D eigenvalue weighted by atomic mass is 16.6. The molecule has 4 rings (SSSR count). The maximum absolute atomic E-state index is 12.7. The predicted octanol–water partition coefficient (Wildman–Crippen LogP) is 2.90. The highest BCUT2D eigenvalue weighted by Gasteiger charge is 2.53. The fraction of sp³-hybridized carbons (Fsp3) is 0.600. The Morgan fingerprint density at radius 3 is 2.56 bits per heavy atom. The molecule has 0 atom stereocenters. The average Bonchev–Trinajstić information content (AvgIpc) is 2.95. The summed E-state index contributed by atoms with van der Waals surface area (Å²) in [6.45, 7) is 6.39. The normalized spacial score (nSPS) is 29.3. The first-order chi connectivity index (χ1) is 12.0. The Balaban J connectivity index is 1.32. The summed E-state index contributed by atoms with van der Waals surface area (Å²) in [5.74, 6) is 0.852. The van der Waals surface area contributed by atoms with Crippen LogP contribution >= 0.6 is 0 Å². The van der Waals surface area contributed by atoms with Gasteiger partial charge >= 0.3 is 6.09 Å². The number of piperidine rings is 1. The molecule has 1 N–H and O–H groups in total. The minimum Gasteiger partial charge on any atom is -0.447 e. The number of rotatable bonds is 2. The number of alkyl carbamates (subject to hydrolysis) is 1. The summed E-state index contributed by atoms with van der Waals surface area (Å²) in [7, 11) is 0. The molecule has 3 aliphatic rings. The first-order valence-corrected chi connectivity index (χ1v) is 9.27. The molecule has 0 unspecified atom stereocenters. The lowest BCUT2D eigenvalue weighted by Crippen LogP contribution is -2.58. The van der Waals surface area contributed by atoms with Crippen LogP contribution in [0.4, 0.5) is 4.79 Å². The van der Waals surface area contributed by atoms with Crippen molar-refractivity contribution >= 4 is 12.0 Å². The smallest absolute Gasteiger partial charge is 0.407 e. The standard InChI is InChI=1S/C20H26N2O3/c1-13-3-4-17(14(2)9-13)15-5-7-22(8-6-15)18(23)16-10-20(11-16)12-25-19(24)21-20/h3-4,9,15-16H,5-8,10-12H2,1-2H3,(H,21,24). The van der Waals surface area contributed by atoms with Crippen molar-refractivity contribution in [2.24, 2.45) is 5.92 Å². The fourth-order valence-electron chi connectivity index (χ4n) is 4.72. The number of carbonyl (C=O) groups is 2. The van der Waals surface area contributed by atoms with Gasteiger partial charge in [-0.1, -0.05) is 23.8 Å². The average molecular weight is 342 g/mol. The first kappa shape index (κ1) is 16.4. The van der Waals surface area contributed by atoms with Crippen molar-refractivity contribution in [1.29, 1.82) is 0 Å². The van der Waals surface area contributed by atoms with Crippen LogP contribution in [-0.4, -0.2) is 42.1 Å². The molecular weight excluding hydrogens is 316 g/mol. The summed E-state index contributed by atoms with van der Waals surface area (Å²) < 4.78 is 4.99. The SMILES string of the molecule is Cc1ccc(C2CCN(C(=O)C3CC4(COC(=O)N4)C3)CC2)c(C)c1. The van der Waals surface area contributed by atoms with Gasteiger partial charge in [-0.25, -0.2) is 4.79 Å². The maximum atomic E-state index is 12.7. The van der Waals surface area contributed by atoms with E-state index in [2.05, 4.69) is 37.4 Å². The third-order valence-corrected chi connectivity index (χ3v) is 6.14. The molecule has 2 aliphatic heterocycles. The molecule has 1 saturated carbocycles. The number of hydrogen-bond donors (Lipinski definition) is 1. The topological polar surface area (TPSA) is 58.6 Å². The van der Waals surface area contributed by atoms with Crippen molar-refractivity contribution in [3.8, 4) is 0 Å². The summed E-state index contributed by atoms with van der Waals surface area (Å²) >= 11 is 0. The van der Waals surface area contributed by atoms with Crippen LogP contribution in [0.2, 0.25) is 0 Å². The quantitative estimate of drug-likeness (QED) is 0.899. The number of likely N-dealkylation sites (tertiary alicyclic amines) is 1. The largest absolute Gasteiger partial charge is 0.447 e. The van der Waals surface area contributed by atoms with Crippen LogP contribution in [0.1, 0.15) is 48.3 Å². The van der Waals surface area contributed by atoms with Crippen molar-refractivity contribution in [2.75, 3.05) is 19.7 Å². The summed E-state index contributed by atoms with van der Waals surface area (Å²) in [6, 6.07) is 6.69. The van der Waals surface area contributed by atoms with E-state index in [0.717, 1.165) is 25.9 Å². The van der Waals surface area contributed by atoms with E-state index in [1.54, 1.807) is 0 Å². The summed E-state index contributed by atoms with van der Waals surface area (Å²) in [6.07, 6.45) is 3.16. The Morgan fingerprint density at radius 1 is 1.24 bits per heavy atom. The zero-order chi connectivity index (χ0) is 17.6. The molecular formula is C20H26N2O3. The van der Waals surface area contributed by atoms with Crippen molar-refractivity contribution in [3.63, 3.8) is 0 Å². The van der Waals surface area contributed by atoms with Crippen LogP contribution in [0.25, 0.3) is 0 Å². The summed E-state index contributed by atoms with van der Waals surface area (Å²) in [5.41, 5.74) is 3.83. The van der Waals surface area contributed by atoms with Gasteiger partial charge in [0, 0.05) is 19.0 Å². The minimum absolute atomic E-state index is 0.0414. The number of hydrogen-bond acceptors (Lipinski definition) is 3. The lowest BCUT2D eigenvalue weighted by atomic mass is 9.68. The second-order valence-corrected chi connectivity index (χ2v) is 8.05. The molecule has 2 heterocycles. The number of cyclic esters (lactones) is 1. The third kappa shape index (κ3) is 3.00. The Hall–Kier alpha value is -2.04. The Labute approximate surface area is 148 Å². The summed E-state index contributed by atoms with van der Waals surface area (Å²) in [5, 5.41) is 2.86. The van der Waals surface area contributed by atoms with E-state index in [9.17, 15) is 9.59 Å². The molecule has 134 valence electrons. The van der Waals surface area contributed by atoms with Gasteiger partial charge in [-0.05, 0) is 56.6 Å². The number of carbonyl (C=O) groups excluding carboxylic acids is 2. The van der Waals surface area contributed by atoms with Crippen LogP contribution in [0, 0.1) is 19.8 Å². The monoisotopic (exact) mass is 342 g/mol. The molecule has 5 nitrogen and oxygen atoms in total. The van der Waals surface area contributed by atoms with E-state index >= 15 is 0 Å². The number of aryl methyl sites for hydroxylation is 2. The van der Waals surface area contributed by atoms with E-state index in [0.29, 0.717) is 25.4 Å². The number of nitrogens with zero attached hydrogens (tertiary/aromatic N) is 1. The number of amides is 2. The molecule has 1 spiro atoms. The second kappa shape index (κ2) is 6.04. The maximum Gasteiger partial charge on any atom is 0.407 e. The molecule has 0 bridgehead atoms. The van der Waals surface area contributed by atoms with Crippen molar-refractivity contribution in [1.82, 2.24) is 10.2 Å². The molecule has 2 saturated heterocycles. The lowest BCUT2D eigenvalue weighted by molar-refractivity contribution is -0.142. The highest BCUT2D eigenvalue weighted by Crippen LogP contribution is 2.42. The molecule has 0 radical (unpaired) electrons. The molecule has 3 fully saturated rings. The minimum atomic E-state index is -0.347. The van der Waals surface area contributed by atoms with Gasteiger partial charge in [0.15, 0.2) is 0 Å².